The maximum absolute atomic E-state index is 13.3. The first-order valence-electron chi connectivity index (χ1n) is 11.4. The molecule has 0 bridgehead atoms. The SMILES string of the molecule is CCc1c(C(=O)N2CCN(S(=O)(=O)c3ccc4ccccc4c3)CC2)cnn1-c1ccccc1. The van der Waals surface area contributed by atoms with Gasteiger partial charge in [-0.1, -0.05) is 55.5 Å². The van der Waals surface area contributed by atoms with Crippen LogP contribution in [-0.2, 0) is 16.4 Å². The van der Waals surface area contributed by atoms with Gasteiger partial charge in [-0.3, -0.25) is 4.79 Å². The quantitative estimate of drug-likeness (QED) is 0.442. The predicted molar refractivity (Wildman–Crippen MR) is 132 cm³/mol. The van der Waals surface area contributed by atoms with Gasteiger partial charge in [0.2, 0.25) is 10.0 Å². The Kier molecular flexibility index (Phi) is 5.93. The van der Waals surface area contributed by atoms with Crippen molar-refractivity contribution < 1.29 is 13.2 Å². The summed E-state index contributed by atoms with van der Waals surface area (Å²) >= 11 is 0. The third-order valence-corrected chi connectivity index (χ3v) is 8.21. The van der Waals surface area contributed by atoms with E-state index < -0.39 is 10.0 Å². The van der Waals surface area contributed by atoms with Gasteiger partial charge in [0, 0.05) is 26.2 Å². The molecule has 0 saturated carbocycles. The van der Waals surface area contributed by atoms with Crippen molar-refractivity contribution in [1.29, 1.82) is 0 Å². The highest BCUT2D eigenvalue weighted by Crippen LogP contribution is 2.24. The van der Waals surface area contributed by atoms with Crippen molar-refractivity contribution in [2.75, 3.05) is 26.2 Å². The van der Waals surface area contributed by atoms with E-state index in [1.54, 1.807) is 27.9 Å². The van der Waals surface area contributed by atoms with Crippen LogP contribution >= 0.6 is 0 Å². The first-order valence-corrected chi connectivity index (χ1v) is 12.8. The summed E-state index contributed by atoms with van der Waals surface area (Å²) in [6.45, 7) is 3.20. The second kappa shape index (κ2) is 9.04. The number of benzene rings is 3. The van der Waals surface area contributed by atoms with Crippen molar-refractivity contribution in [1.82, 2.24) is 19.0 Å². The molecule has 5 rings (SSSR count). The highest BCUT2D eigenvalue weighted by Gasteiger charge is 2.31. The summed E-state index contributed by atoms with van der Waals surface area (Å²) in [6, 6.07) is 22.6. The summed E-state index contributed by atoms with van der Waals surface area (Å²) in [4.78, 5) is 15.3. The molecule has 1 aliphatic rings. The molecule has 1 aromatic heterocycles. The number of sulfonamides is 1. The van der Waals surface area contributed by atoms with E-state index in [4.69, 9.17) is 0 Å². The molecule has 8 heteroatoms. The number of fused-ring (bicyclic) bond motifs is 1. The first-order chi connectivity index (χ1) is 16.5. The fourth-order valence-corrected chi connectivity index (χ4v) is 5.92. The van der Waals surface area contributed by atoms with Crippen LogP contribution in [0.2, 0.25) is 0 Å². The van der Waals surface area contributed by atoms with Crippen LogP contribution in [0.5, 0.6) is 0 Å². The third kappa shape index (κ3) is 3.99. The minimum Gasteiger partial charge on any atom is -0.336 e. The van der Waals surface area contributed by atoms with Crippen molar-refractivity contribution in [3.63, 3.8) is 0 Å². The molecule has 174 valence electrons. The number of carbonyl (C=O) groups is 1. The fraction of sp³-hybridized carbons (Fsp3) is 0.231. The molecule has 2 heterocycles. The number of rotatable bonds is 5. The lowest BCUT2D eigenvalue weighted by molar-refractivity contribution is 0.0696. The van der Waals surface area contributed by atoms with E-state index in [1.165, 1.54) is 4.31 Å². The van der Waals surface area contributed by atoms with Crippen LogP contribution in [0, 0.1) is 0 Å². The minimum atomic E-state index is -3.63. The van der Waals surface area contributed by atoms with Gasteiger partial charge >= 0.3 is 0 Å². The van der Waals surface area contributed by atoms with E-state index in [-0.39, 0.29) is 23.9 Å². The van der Waals surface area contributed by atoms with E-state index in [0.29, 0.717) is 25.1 Å². The van der Waals surface area contributed by atoms with Crippen LogP contribution in [0.4, 0.5) is 0 Å². The van der Waals surface area contributed by atoms with E-state index >= 15 is 0 Å². The molecule has 0 atom stereocenters. The normalized spacial score (nSPS) is 15.0. The van der Waals surface area contributed by atoms with Crippen molar-refractivity contribution >= 4 is 26.7 Å². The van der Waals surface area contributed by atoms with Crippen molar-refractivity contribution in [2.45, 2.75) is 18.2 Å². The summed E-state index contributed by atoms with van der Waals surface area (Å²) < 4.78 is 29.8. The van der Waals surface area contributed by atoms with Gasteiger partial charge < -0.3 is 4.90 Å². The lowest BCUT2D eigenvalue weighted by atomic mass is 10.1. The Morgan fingerprint density at radius 3 is 2.26 bits per heavy atom. The summed E-state index contributed by atoms with van der Waals surface area (Å²) in [5.74, 6) is -0.109. The number of para-hydroxylation sites is 1. The number of piperazine rings is 1. The largest absolute Gasteiger partial charge is 0.336 e. The number of nitrogens with zero attached hydrogens (tertiary/aromatic N) is 4. The van der Waals surface area contributed by atoms with Crippen LogP contribution < -0.4 is 0 Å². The Bertz CT molecular complexity index is 1440. The Balaban J connectivity index is 1.32. The molecule has 4 aromatic rings. The van der Waals surface area contributed by atoms with Crippen LogP contribution in [0.25, 0.3) is 16.5 Å². The molecule has 7 nitrogen and oxygen atoms in total. The van der Waals surface area contributed by atoms with Crippen LogP contribution in [0.15, 0.2) is 83.9 Å². The molecule has 34 heavy (non-hydrogen) atoms. The molecular weight excluding hydrogens is 448 g/mol. The summed E-state index contributed by atoms with van der Waals surface area (Å²) in [6.07, 6.45) is 2.28. The average molecular weight is 475 g/mol. The molecule has 0 aliphatic carbocycles. The molecule has 1 fully saturated rings. The minimum absolute atomic E-state index is 0.109. The Morgan fingerprint density at radius 1 is 0.882 bits per heavy atom. The zero-order chi connectivity index (χ0) is 23.7. The van der Waals surface area contributed by atoms with E-state index in [0.717, 1.165) is 22.2 Å². The molecule has 3 aromatic carbocycles. The highest BCUT2D eigenvalue weighted by molar-refractivity contribution is 7.89. The maximum Gasteiger partial charge on any atom is 0.257 e. The predicted octanol–water partition coefficient (Wildman–Crippen LogP) is 3.73. The Hall–Kier alpha value is -3.49. The van der Waals surface area contributed by atoms with Gasteiger partial charge in [0.05, 0.1) is 28.0 Å². The zero-order valence-corrected chi connectivity index (χ0v) is 19.8. The lowest BCUT2D eigenvalue weighted by Crippen LogP contribution is -2.50. The molecule has 0 unspecified atom stereocenters. The molecular formula is C26H26N4O3S. The molecule has 0 N–H and O–H groups in total. The Morgan fingerprint density at radius 2 is 1.56 bits per heavy atom. The summed E-state index contributed by atoms with van der Waals surface area (Å²) in [5.41, 5.74) is 2.32. The van der Waals surface area contributed by atoms with E-state index in [1.807, 2.05) is 67.6 Å². The maximum atomic E-state index is 13.3. The van der Waals surface area contributed by atoms with Crippen LogP contribution in [0.1, 0.15) is 23.0 Å². The van der Waals surface area contributed by atoms with Gasteiger partial charge in [0.1, 0.15) is 0 Å². The molecule has 0 radical (unpaired) electrons. The highest BCUT2D eigenvalue weighted by atomic mass is 32.2. The summed E-state index contributed by atoms with van der Waals surface area (Å²) in [7, 11) is -3.63. The van der Waals surface area contributed by atoms with Crippen molar-refractivity contribution in [3.8, 4) is 5.69 Å². The van der Waals surface area contributed by atoms with Crippen LogP contribution in [0.3, 0.4) is 0 Å². The molecule has 1 saturated heterocycles. The lowest BCUT2D eigenvalue weighted by Gasteiger charge is -2.34. The van der Waals surface area contributed by atoms with E-state index in [9.17, 15) is 13.2 Å². The number of hydrogen-bond donors (Lipinski definition) is 0. The van der Waals surface area contributed by atoms with Gasteiger partial charge in [0.15, 0.2) is 0 Å². The molecule has 1 amide bonds. The first kappa shape index (κ1) is 22.3. The van der Waals surface area contributed by atoms with Gasteiger partial charge in [0.25, 0.3) is 5.91 Å². The van der Waals surface area contributed by atoms with Crippen molar-refractivity contribution in [2.24, 2.45) is 0 Å². The number of hydrogen-bond acceptors (Lipinski definition) is 4. The average Bonchev–Trinajstić information content (AvgIpc) is 3.32. The molecule has 1 aliphatic heterocycles. The van der Waals surface area contributed by atoms with Crippen LogP contribution in [-0.4, -0.2) is 59.5 Å². The second-order valence-electron chi connectivity index (χ2n) is 8.31. The zero-order valence-electron chi connectivity index (χ0n) is 19.0. The van der Waals surface area contributed by atoms with Gasteiger partial charge in [-0.25, -0.2) is 13.1 Å². The summed E-state index contributed by atoms with van der Waals surface area (Å²) in [5, 5.41) is 6.34. The van der Waals surface area contributed by atoms with E-state index in [2.05, 4.69) is 5.10 Å². The number of aromatic nitrogens is 2. The van der Waals surface area contributed by atoms with Gasteiger partial charge in [-0.2, -0.15) is 9.40 Å². The van der Waals surface area contributed by atoms with Gasteiger partial charge in [-0.15, -0.1) is 0 Å². The van der Waals surface area contributed by atoms with Gasteiger partial charge in [-0.05, 0) is 41.5 Å². The topological polar surface area (TPSA) is 75.5 Å². The monoisotopic (exact) mass is 474 g/mol. The molecule has 0 spiro atoms. The third-order valence-electron chi connectivity index (χ3n) is 6.32. The number of amides is 1. The van der Waals surface area contributed by atoms with Crippen molar-refractivity contribution in [3.05, 3.63) is 90.3 Å². The fourth-order valence-electron chi connectivity index (χ4n) is 4.46. The smallest absolute Gasteiger partial charge is 0.257 e. The standard InChI is InChI=1S/C26H26N4O3S/c1-2-25-24(19-27-30(25)22-10-4-3-5-11-22)26(31)28-14-16-29(17-15-28)34(32,33)23-13-12-20-8-6-7-9-21(20)18-23/h3-13,18-19H,2,14-17H2,1H3. The number of carbonyl (C=O) groups excluding carboxylic acids is 1. The second-order valence-corrected chi connectivity index (χ2v) is 10.2. The Labute approximate surface area is 199 Å².